The molecule has 216 valence electrons. The molecule has 0 radical (unpaired) electrons. The minimum absolute atomic E-state index is 0.0923. The second-order valence-electron chi connectivity index (χ2n) is 11.4. The SMILES string of the molecule is NC(=O)C1CCCN1C(=O)c1c(F)cccc1-c1ccc(OCC2CCN(CC3(C(F)(F)F)CCC3)CC2)cc1. The lowest BCUT2D eigenvalue weighted by Crippen LogP contribution is -2.53. The van der Waals surface area contributed by atoms with Crippen LogP contribution in [0.25, 0.3) is 11.1 Å². The van der Waals surface area contributed by atoms with Gasteiger partial charge in [-0.05, 0) is 86.9 Å². The summed E-state index contributed by atoms with van der Waals surface area (Å²) in [6, 6.07) is 10.7. The Bertz CT molecular complexity index is 1220. The molecule has 0 aromatic heterocycles. The predicted molar refractivity (Wildman–Crippen MR) is 142 cm³/mol. The number of piperidine rings is 1. The summed E-state index contributed by atoms with van der Waals surface area (Å²) in [7, 11) is 0. The van der Waals surface area contributed by atoms with E-state index in [1.165, 1.54) is 17.0 Å². The molecule has 2 aliphatic heterocycles. The number of hydrogen-bond acceptors (Lipinski definition) is 4. The highest BCUT2D eigenvalue weighted by Gasteiger charge is 2.58. The molecule has 2 amide bonds. The monoisotopic (exact) mass is 561 g/mol. The summed E-state index contributed by atoms with van der Waals surface area (Å²) in [4.78, 5) is 28.4. The molecule has 2 saturated heterocycles. The van der Waals surface area contributed by atoms with E-state index in [4.69, 9.17) is 10.5 Å². The molecule has 40 heavy (non-hydrogen) atoms. The number of nitrogens with zero attached hydrogens (tertiary/aromatic N) is 2. The van der Waals surface area contributed by atoms with Gasteiger partial charge < -0.3 is 20.3 Å². The Morgan fingerprint density at radius 3 is 2.27 bits per heavy atom. The molecule has 2 aromatic carbocycles. The van der Waals surface area contributed by atoms with Crippen molar-refractivity contribution in [3.63, 3.8) is 0 Å². The molecular weight excluding hydrogens is 526 g/mol. The number of likely N-dealkylation sites (tertiary alicyclic amines) is 2. The zero-order valence-corrected chi connectivity index (χ0v) is 22.4. The van der Waals surface area contributed by atoms with Crippen molar-refractivity contribution in [2.45, 2.75) is 57.2 Å². The van der Waals surface area contributed by atoms with E-state index < -0.39 is 35.3 Å². The van der Waals surface area contributed by atoms with Gasteiger partial charge in [0.05, 0.1) is 17.6 Å². The van der Waals surface area contributed by atoms with Gasteiger partial charge in [0.25, 0.3) is 5.91 Å². The zero-order chi connectivity index (χ0) is 28.5. The summed E-state index contributed by atoms with van der Waals surface area (Å²) in [5.74, 6) is -0.943. The van der Waals surface area contributed by atoms with Crippen LogP contribution in [0.5, 0.6) is 5.75 Å². The van der Waals surface area contributed by atoms with E-state index in [9.17, 15) is 27.2 Å². The molecule has 1 aliphatic carbocycles. The van der Waals surface area contributed by atoms with Crippen LogP contribution in [0.2, 0.25) is 0 Å². The normalized spacial score (nSPS) is 21.7. The smallest absolute Gasteiger partial charge is 0.395 e. The van der Waals surface area contributed by atoms with Crippen molar-refractivity contribution in [3.05, 3.63) is 53.8 Å². The molecule has 1 saturated carbocycles. The summed E-state index contributed by atoms with van der Waals surface area (Å²) in [5, 5.41) is 0. The number of benzene rings is 2. The quantitative estimate of drug-likeness (QED) is 0.438. The molecule has 0 spiro atoms. The largest absolute Gasteiger partial charge is 0.493 e. The van der Waals surface area contributed by atoms with Gasteiger partial charge >= 0.3 is 6.18 Å². The average molecular weight is 562 g/mol. The van der Waals surface area contributed by atoms with E-state index in [2.05, 4.69) is 0 Å². The summed E-state index contributed by atoms with van der Waals surface area (Å²) >= 11 is 0. The highest BCUT2D eigenvalue weighted by molar-refractivity contribution is 6.03. The van der Waals surface area contributed by atoms with E-state index in [-0.39, 0.29) is 30.9 Å². The fourth-order valence-electron chi connectivity index (χ4n) is 6.25. The second kappa shape index (κ2) is 11.4. The standard InChI is InChI=1S/C30H35F4N3O3/c31-24-5-1-4-23(26(24)28(39)37-15-2-6-25(37)27(35)38)21-7-9-22(10-8-21)40-18-20-11-16-36(17-12-20)19-29(13-3-14-29)30(32,33)34/h1,4-5,7-10,20,25H,2-3,6,11-19H2,(H2,35,38). The minimum atomic E-state index is -4.14. The highest BCUT2D eigenvalue weighted by Crippen LogP contribution is 2.53. The van der Waals surface area contributed by atoms with E-state index >= 15 is 0 Å². The van der Waals surface area contributed by atoms with Gasteiger partial charge in [-0.2, -0.15) is 13.2 Å². The Morgan fingerprint density at radius 1 is 0.975 bits per heavy atom. The third-order valence-electron chi connectivity index (χ3n) is 8.87. The van der Waals surface area contributed by atoms with E-state index in [0.717, 1.165) is 12.8 Å². The van der Waals surface area contributed by atoms with Crippen LogP contribution in [0.15, 0.2) is 42.5 Å². The van der Waals surface area contributed by atoms with Crippen LogP contribution in [0.1, 0.15) is 55.3 Å². The molecule has 1 atom stereocenters. The molecular formula is C30H35F4N3O3. The number of hydrogen-bond donors (Lipinski definition) is 1. The maximum absolute atomic E-state index is 14.9. The van der Waals surface area contributed by atoms with Crippen LogP contribution in [0.4, 0.5) is 17.6 Å². The van der Waals surface area contributed by atoms with Gasteiger partial charge in [-0.25, -0.2) is 4.39 Å². The predicted octanol–water partition coefficient (Wildman–Crippen LogP) is 5.41. The lowest BCUT2D eigenvalue weighted by atomic mass is 9.67. The van der Waals surface area contributed by atoms with Crippen LogP contribution in [-0.4, -0.2) is 66.6 Å². The number of carbonyl (C=O) groups excluding carboxylic acids is 2. The highest BCUT2D eigenvalue weighted by atomic mass is 19.4. The zero-order valence-electron chi connectivity index (χ0n) is 22.4. The summed E-state index contributed by atoms with van der Waals surface area (Å²) in [6.07, 6.45) is -0.384. The Kier molecular flexibility index (Phi) is 8.08. The van der Waals surface area contributed by atoms with E-state index in [1.54, 1.807) is 30.3 Å². The van der Waals surface area contributed by atoms with Crippen molar-refractivity contribution < 1.29 is 31.9 Å². The third-order valence-corrected chi connectivity index (χ3v) is 8.87. The fraction of sp³-hybridized carbons (Fsp3) is 0.533. The second-order valence-corrected chi connectivity index (χ2v) is 11.4. The van der Waals surface area contributed by atoms with Gasteiger partial charge in [-0.1, -0.05) is 30.7 Å². The molecule has 6 nitrogen and oxygen atoms in total. The van der Waals surface area contributed by atoms with Crippen molar-refractivity contribution in [2.24, 2.45) is 17.1 Å². The number of halogens is 4. The van der Waals surface area contributed by atoms with Crippen LogP contribution < -0.4 is 10.5 Å². The molecule has 2 heterocycles. The van der Waals surface area contributed by atoms with E-state index in [0.29, 0.717) is 62.4 Å². The summed E-state index contributed by atoms with van der Waals surface area (Å²) in [6.45, 7) is 2.17. The minimum Gasteiger partial charge on any atom is -0.493 e. The van der Waals surface area contributed by atoms with Crippen LogP contribution in [0.3, 0.4) is 0 Å². The summed E-state index contributed by atoms with van der Waals surface area (Å²) in [5.41, 5.74) is 4.89. The Hall–Kier alpha value is -3.14. The van der Waals surface area contributed by atoms with Crippen LogP contribution in [-0.2, 0) is 4.79 Å². The first-order chi connectivity index (χ1) is 19.1. The molecule has 5 rings (SSSR count). The third kappa shape index (κ3) is 5.68. The van der Waals surface area contributed by atoms with Gasteiger partial charge in [0.1, 0.15) is 17.6 Å². The maximum Gasteiger partial charge on any atom is 0.395 e. The number of carbonyl (C=O) groups is 2. The van der Waals surface area contributed by atoms with Gasteiger partial charge in [0.2, 0.25) is 5.91 Å². The van der Waals surface area contributed by atoms with Crippen molar-refractivity contribution in [1.82, 2.24) is 9.80 Å². The Labute approximate surface area is 231 Å². The molecule has 10 heteroatoms. The molecule has 1 unspecified atom stereocenters. The van der Waals surface area contributed by atoms with Crippen molar-refractivity contribution in [2.75, 3.05) is 32.8 Å². The first-order valence-electron chi connectivity index (χ1n) is 14.0. The van der Waals surface area contributed by atoms with Gasteiger partial charge in [0, 0.05) is 13.1 Å². The van der Waals surface area contributed by atoms with E-state index in [1.807, 2.05) is 4.90 Å². The lowest BCUT2D eigenvalue weighted by Gasteiger charge is -2.47. The van der Waals surface area contributed by atoms with Gasteiger partial charge in [0.15, 0.2) is 0 Å². The number of amides is 2. The number of rotatable bonds is 8. The number of ether oxygens (including phenoxy) is 1. The molecule has 0 bridgehead atoms. The number of primary amides is 1. The first kappa shape index (κ1) is 28.4. The topological polar surface area (TPSA) is 75.9 Å². The van der Waals surface area contributed by atoms with Crippen molar-refractivity contribution >= 4 is 11.8 Å². The van der Waals surface area contributed by atoms with Gasteiger partial charge in [-0.3, -0.25) is 9.59 Å². The molecule has 3 fully saturated rings. The van der Waals surface area contributed by atoms with Crippen molar-refractivity contribution in [3.8, 4) is 16.9 Å². The van der Waals surface area contributed by atoms with Gasteiger partial charge in [-0.15, -0.1) is 0 Å². The number of nitrogens with two attached hydrogens (primary N) is 1. The Morgan fingerprint density at radius 2 is 1.68 bits per heavy atom. The Balaban J connectivity index is 1.18. The van der Waals surface area contributed by atoms with Crippen LogP contribution in [0, 0.1) is 17.2 Å². The van der Waals surface area contributed by atoms with Crippen LogP contribution >= 0.6 is 0 Å². The lowest BCUT2D eigenvalue weighted by molar-refractivity contribution is -0.256. The summed E-state index contributed by atoms with van der Waals surface area (Å²) < 4.78 is 61.5. The maximum atomic E-state index is 14.9. The number of alkyl halides is 3. The average Bonchev–Trinajstić information content (AvgIpc) is 3.40. The fourth-order valence-corrected chi connectivity index (χ4v) is 6.25. The molecule has 2 N–H and O–H groups in total. The first-order valence-corrected chi connectivity index (χ1v) is 14.0. The van der Waals surface area contributed by atoms with Crippen molar-refractivity contribution in [1.29, 1.82) is 0 Å². The molecule has 3 aliphatic rings. The molecule has 2 aromatic rings.